The van der Waals surface area contributed by atoms with Gasteiger partial charge in [-0.2, -0.15) is 0 Å². The fourth-order valence-electron chi connectivity index (χ4n) is 1.14. The molecule has 0 heterocycles. The predicted molar refractivity (Wildman–Crippen MR) is 54.0 cm³/mol. The second-order valence-corrected chi connectivity index (χ2v) is 3.08. The Balaban J connectivity index is 2.60. The summed E-state index contributed by atoms with van der Waals surface area (Å²) < 4.78 is 0. The van der Waals surface area contributed by atoms with Crippen molar-refractivity contribution in [1.29, 1.82) is 0 Å². The number of amides is 2. The number of rotatable bonds is 2. The zero-order valence-corrected chi connectivity index (χ0v) is 8.32. The number of phenolic OH excluding ortho intramolecular Hbond substituents is 1. The molecule has 1 aromatic rings. The minimum absolute atomic E-state index is 0.127. The average Bonchev–Trinajstić information content (AvgIpc) is 2.20. The Morgan fingerprint density at radius 3 is 2.50 bits per heavy atom. The summed E-state index contributed by atoms with van der Waals surface area (Å²) in [4.78, 5) is 12.7. The standard InChI is InChI=1S/C10H14N2O2/c1-11-10(14)12(2)7-8-3-5-9(13)6-4-8/h3-6,13H,7H2,1-2H3,(H,11,14). The third kappa shape index (κ3) is 2.65. The van der Waals surface area contributed by atoms with Gasteiger partial charge in [-0.1, -0.05) is 12.1 Å². The topological polar surface area (TPSA) is 52.6 Å². The summed E-state index contributed by atoms with van der Waals surface area (Å²) >= 11 is 0. The van der Waals surface area contributed by atoms with Gasteiger partial charge in [0.1, 0.15) is 5.75 Å². The number of nitrogens with zero attached hydrogens (tertiary/aromatic N) is 1. The Labute approximate surface area is 83.2 Å². The third-order valence-corrected chi connectivity index (χ3v) is 1.92. The molecule has 4 heteroatoms. The molecule has 0 atom stereocenters. The first-order valence-corrected chi connectivity index (χ1v) is 4.34. The van der Waals surface area contributed by atoms with E-state index in [4.69, 9.17) is 5.11 Å². The van der Waals surface area contributed by atoms with Crippen LogP contribution in [0.2, 0.25) is 0 Å². The zero-order valence-electron chi connectivity index (χ0n) is 8.32. The number of phenols is 1. The first kappa shape index (κ1) is 10.4. The van der Waals surface area contributed by atoms with Gasteiger partial charge in [0.2, 0.25) is 0 Å². The van der Waals surface area contributed by atoms with Gasteiger partial charge in [-0.05, 0) is 17.7 Å². The van der Waals surface area contributed by atoms with Crippen LogP contribution in [-0.2, 0) is 6.54 Å². The van der Waals surface area contributed by atoms with Gasteiger partial charge in [0, 0.05) is 20.6 Å². The van der Waals surface area contributed by atoms with Gasteiger partial charge in [-0.15, -0.1) is 0 Å². The highest BCUT2D eigenvalue weighted by Gasteiger charge is 2.05. The Morgan fingerprint density at radius 2 is 2.00 bits per heavy atom. The summed E-state index contributed by atoms with van der Waals surface area (Å²) in [7, 11) is 3.31. The number of hydrogen-bond donors (Lipinski definition) is 2. The van der Waals surface area contributed by atoms with Crippen LogP contribution < -0.4 is 5.32 Å². The molecule has 0 aliphatic heterocycles. The molecule has 76 valence electrons. The van der Waals surface area contributed by atoms with Crippen LogP contribution in [-0.4, -0.2) is 30.1 Å². The molecular formula is C10H14N2O2. The van der Waals surface area contributed by atoms with Gasteiger partial charge in [0.25, 0.3) is 0 Å². The molecule has 0 unspecified atom stereocenters. The van der Waals surface area contributed by atoms with Crippen molar-refractivity contribution < 1.29 is 9.90 Å². The van der Waals surface area contributed by atoms with E-state index in [1.54, 1.807) is 43.3 Å². The maximum Gasteiger partial charge on any atom is 0.317 e. The fraction of sp³-hybridized carbons (Fsp3) is 0.300. The van der Waals surface area contributed by atoms with Crippen molar-refractivity contribution in [2.75, 3.05) is 14.1 Å². The van der Waals surface area contributed by atoms with Crippen LogP contribution in [0, 0.1) is 0 Å². The molecule has 14 heavy (non-hydrogen) atoms. The number of aromatic hydroxyl groups is 1. The van der Waals surface area contributed by atoms with Gasteiger partial charge in [-0.25, -0.2) is 4.79 Å². The van der Waals surface area contributed by atoms with Crippen molar-refractivity contribution >= 4 is 6.03 Å². The second kappa shape index (κ2) is 4.50. The van der Waals surface area contributed by atoms with E-state index in [2.05, 4.69) is 5.32 Å². The number of urea groups is 1. The Morgan fingerprint density at radius 1 is 1.43 bits per heavy atom. The molecule has 0 aliphatic rings. The van der Waals surface area contributed by atoms with E-state index in [9.17, 15) is 4.79 Å². The SMILES string of the molecule is CNC(=O)N(C)Cc1ccc(O)cc1. The number of hydrogen-bond acceptors (Lipinski definition) is 2. The molecule has 1 rings (SSSR count). The van der Waals surface area contributed by atoms with Crippen LogP contribution in [0.5, 0.6) is 5.75 Å². The molecule has 0 saturated carbocycles. The van der Waals surface area contributed by atoms with Crippen LogP contribution in [0.4, 0.5) is 4.79 Å². The smallest absolute Gasteiger partial charge is 0.317 e. The molecule has 0 saturated heterocycles. The summed E-state index contributed by atoms with van der Waals surface area (Å²) in [6.07, 6.45) is 0. The number of carbonyl (C=O) groups excluding carboxylic acids is 1. The summed E-state index contributed by atoms with van der Waals surface area (Å²) in [5.41, 5.74) is 0.980. The van der Waals surface area contributed by atoms with Crippen molar-refractivity contribution in [1.82, 2.24) is 10.2 Å². The second-order valence-electron chi connectivity index (χ2n) is 3.08. The van der Waals surface area contributed by atoms with E-state index in [0.717, 1.165) is 5.56 Å². The van der Waals surface area contributed by atoms with Gasteiger partial charge < -0.3 is 15.3 Å². The van der Waals surface area contributed by atoms with Crippen molar-refractivity contribution in [2.24, 2.45) is 0 Å². The minimum atomic E-state index is -0.127. The summed E-state index contributed by atoms with van der Waals surface area (Å²) in [6.45, 7) is 0.528. The molecule has 2 amide bonds. The number of carbonyl (C=O) groups is 1. The van der Waals surface area contributed by atoms with Crippen molar-refractivity contribution in [2.45, 2.75) is 6.54 Å². The van der Waals surface area contributed by atoms with Crippen molar-refractivity contribution in [3.8, 4) is 5.75 Å². The molecule has 0 spiro atoms. The van der Waals surface area contributed by atoms with Crippen molar-refractivity contribution in [3.63, 3.8) is 0 Å². The van der Waals surface area contributed by atoms with Gasteiger partial charge in [0.05, 0.1) is 0 Å². The molecule has 0 bridgehead atoms. The molecule has 0 aromatic heterocycles. The Bertz CT molecular complexity index is 308. The molecule has 1 aromatic carbocycles. The van der Waals surface area contributed by atoms with Crippen molar-refractivity contribution in [3.05, 3.63) is 29.8 Å². The highest BCUT2D eigenvalue weighted by molar-refractivity contribution is 5.73. The lowest BCUT2D eigenvalue weighted by molar-refractivity contribution is 0.209. The van der Waals surface area contributed by atoms with E-state index >= 15 is 0 Å². The molecule has 0 radical (unpaired) electrons. The maximum atomic E-state index is 11.1. The lowest BCUT2D eigenvalue weighted by Crippen LogP contribution is -2.34. The van der Waals surface area contributed by atoms with Crippen LogP contribution in [0.3, 0.4) is 0 Å². The first-order chi connectivity index (χ1) is 6.63. The maximum absolute atomic E-state index is 11.1. The van der Waals surface area contributed by atoms with Crippen LogP contribution in [0.15, 0.2) is 24.3 Å². The van der Waals surface area contributed by atoms with Crippen LogP contribution >= 0.6 is 0 Å². The lowest BCUT2D eigenvalue weighted by atomic mass is 10.2. The minimum Gasteiger partial charge on any atom is -0.508 e. The lowest BCUT2D eigenvalue weighted by Gasteiger charge is -2.16. The van der Waals surface area contributed by atoms with Crippen LogP contribution in [0.25, 0.3) is 0 Å². The molecular weight excluding hydrogens is 180 g/mol. The van der Waals surface area contributed by atoms with E-state index in [-0.39, 0.29) is 11.8 Å². The van der Waals surface area contributed by atoms with Gasteiger partial charge in [-0.3, -0.25) is 0 Å². The van der Waals surface area contributed by atoms with E-state index < -0.39 is 0 Å². The third-order valence-electron chi connectivity index (χ3n) is 1.92. The highest BCUT2D eigenvalue weighted by Crippen LogP contribution is 2.10. The number of nitrogens with one attached hydrogen (secondary N) is 1. The first-order valence-electron chi connectivity index (χ1n) is 4.34. The Kier molecular flexibility index (Phi) is 3.34. The van der Waals surface area contributed by atoms with E-state index in [0.29, 0.717) is 6.54 Å². The monoisotopic (exact) mass is 194 g/mol. The Hall–Kier alpha value is -1.71. The largest absolute Gasteiger partial charge is 0.508 e. The van der Waals surface area contributed by atoms with E-state index in [1.165, 1.54) is 0 Å². The van der Waals surface area contributed by atoms with Gasteiger partial charge >= 0.3 is 6.03 Å². The summed E-state index contributed by atoms with van der Waals surface area (Å²) in [5.74, 6) is 0.233. The molecule has 0 fully saturated rings. The van der Waals surface area contributed by atoms with Gasteiger partial charge in [0.15, 0.2) is 0 Å². The highest BCUT2D eigenvalue weighted by atomic mass is 16.3. The van der Waals surface area contributed by atoms with E-state index in [1.807, 2.05) is 0 Å². The predicted octanol–water partition coefficient (Wildman–Crippen LogP) is 1.16. The fourth-order valence-corrected chi connectivity index (χ4v) is 1.14. The summed E-state index contributed by atoms with van der Waals surface area (Å²) in [6, 6.07) is 6.65. The normalized spacial score (nSPS) is 9.57. The molecule has 4 nitrogen and oxygen atoms in total. The number of benzene rings is 1. The molecule has 2 N–H and O–H groups in total. The quantitative estimate of drug-likeness (QED) is 0.742. The van der Waals surface area contributed by atoms with Crippen LogP contribution in [0.1, 0.15) is 5.56 Å². The summed E-state index contributed by atoms with van der Waals surface area (Å²) in [5, 5.41) is 11.6. The average molecular weight is 194 g/mol. The zero-order chi connectivity index (χ0) is 10.6. The molecule has 0 aliphatic carbocycles.